The number of H-pyrrole nitrogens is 1. The molecule has 21 heavy (non-hydrogen) atoms. The van der Waals surface area contributed by atoms with Gasteiger partial charge in [0.2, 0.25) is 0 Å². The predicted octanol–water partition coefficient (Wildman–Crippen LogP) is 2.74. The van der Waals surface area contributed by atoms with Crippen molar-refractivity contribution in [3.8, 4) is 11.4 Å². The van der Waals surface area contributed by atoms with Crippen LogP contribution in [-0.4, -0.2) is 19.5 Å². The van der Waals surface area contributed by atoms with Gasteiger partial charge in [-0.05, 0) is 24.1 Å². The van der Waals surface area contributed by atoms with E-state index in [9.17, 15) is 4.21 Å². The Labute approximate surface area is 126 Å². The Hall–Kier alpha value is -2.40. The first-order valence-corrected chi connectivity index (χ1v) is 7.53. The summed E-state index contributed by atoms with van der Waals surface area (Å²) in [4.78, 5) is 7.88. The van der Waals surface area contributed by atoms with Crippen LogP contribution in [0.2, 0.25) is 0 Å². The highest BCUT2D eigenvalue weighted by molar-refractivity contribution is 7.65. The molecule has 1 heterocycles. The molecule has 2 aromatic carbocycles. The quantitative estimate of drug-likeness (QED) is 0.577. The van der Waals surface area contributed by atoms with Crippen LogP contribution in [0.4, 0.5) is 5.69 Å². The van der Waals surface area contributed by atoms with Crippen LogP contribution in [0, 0.1) is 0 Å². The number of hydrogen-bond acceptors (Lipinski definition) is 3. The number of fused-ring (bicyclic) bond motifs is 1. The largest absolute Gasteiger partial charge is 0.398 e. The molecule has 0 amide bonds. The molecule has 1 aromatic heterocycles. The molecule has 0 saturated heterocycles. The summed E-state index contributed by atoms with van der Waals surface area (Å²) in [5, 5.41) is 1.55. The number of para-hydroxylation sites is 2. The van der Waals surface area contributed by atoms with Crippen LogP contribution in [0.1, 0.15) is 18.1 Å². The fourth-order valence-corrected chi connectivity index (χ4v) is 2.77. The molecule has 0 fully saturated rings. The topological polar surface area (TPSA) is 71.8 Å². The third kappa shape index (κ3) is 2.36. The molecule has 0 spiro atoms. The maximum absolute atomic E-state index is 10.9. The molecule has 0 aliphatic carbocycles. The highest BCUT2D eigenvalue weighted by Crippen LogP contribution is 2.31. The summed E-state index contributed by atoms with van der Waals surface area (Å²) in [6, 6.07) is 11.7. The van der Waals surface area contributed by atoms with Crippen LogP contribution in [0.25, 0.3) is 22.4 Å². The number of aromatic nitrogens is 2. The number of nitrogen functional groups attached to an aromatic ring is 1. The molecular formula is C16H15N3OS. The van der Waals surface area contributed by atoms with Gasteiger partial charge in [0.15, 0.2) is 0 Å². The fraction of sp³-hybridized carbons (Fsp3) is 0.125. The maximum Gasteiger partial charge on any atom is 0.141 e. The van der Waals surface area contributed by atoms with Gasteiger partial charge in [0, 0.05) is 22.2 Å². The van der Waals surface area contributed by atoms with Crippen LogP contribution in [0.15, 0.2) is 36.4 Å². The zero-order valence-electron chi connectivity index (χ0n) is 11.6. The smallest absolute Gasteiger partial charge is 0.141 e. The minimum atomic E-state index is 0.420. The van der Waals surface area contributed by atoms with Crippen LogP contribution < -0.4 is 5.73 Å². The van der Waals surface area contributed by atoms with Crippen molar-refractivity contribution in [1.82, 2.24) is 9.97 Å². The second kappa shape index (κ2) is 5.54. The van der Waals surface area contributed by atoms with Crippen LogP contribution >= 0.6 is 0 Å². The summed E-state index contributed by atoms with van der Waals surface area (Å²) in [5.74, 6) is 0.698. The molecule has 0 radical (unpaired) electrons. The molecule has 0 aliphatic rings. The fourth-order valence-electron chi connectivity index (χ4n) is 2.47. The number of benzene rings is 2. The second-order valence-electron chi connectivity index (χ2n) is 4.77. The first-order chi connectivity index (χ1) is 10.2. The van der Waals surface area contributed by atoms with Gasteiger partial charge < -0.3 is 10.7 Å². The van der Waals surface area contributed by atoms with E-state index >= 15 is 0 Å². The summed E-state index contributed by atoms with van der Waals surface area (Å²) in [6.07, 6.45) is 0.837. The number of aromatic amines is 1. The number of aryl methyl sites for hydroxylation is 1. The predicted molar refractivity (Wildman–Crippen MR) is 88.6 cm³/mol. The molecule has 0 bridgehead atoms. The SMILES string of the molecule is CCc1ccc(C=S=O)c(-c2nc3ccccc3[nH]2)c1N. The lowest BCUT2D eigenvalue weighted by Crippen LogP contribution is -2.01. The normalized spacial score (nSPS) is 10.7. The van der Waals surface area contributed by atoms with Crippen molar-refractivity contribution in [2.75, 3.05) is 5.73 Å². The number of hydrogen-bond donors (Lipinski definition) is 2. The van der Waals surface area contributed by atoms with E-state index in [0.29, 0.717) is 22.8 Å². The first-order valence-electron chi connectivity index (χ1n) is 6.73. The zero-order valence-corrected chi connectivity index (χ0v) is 12.4. The lowest BCUT2D eigenvalue weighted by atomic mass is 10.00. The standard InChI is InChI=1S/C16H15N3OS/c1-2-10-7-8-11(9-21-20)14(15(10)17)16-18-12-5-3-4-6-13(12)19-16/h3-9H,2,17H2,1H3,(H,18,19). The molecule has 0 aliphatic heterocycles. The van der Waals surface area contributed by atoms with Crippen LogP contribution in [0.3, 0.4) is 0 Å². The number of anilines is 1. The number of nitrogens with two attached hydrogens (primary N) is 1. The molecule has 106 valence electrons. The average molecular weight is 297 g/mol. The van der Waals surface area contributed by atoms with E-state index in [-0.39, 0.29) is 0 Å². The number of imidazole rings is 1. The summed E-state index contributed by atoms with van der Waals surface area (Å²) in [5.41, 5.74) is 11.5. The van der Waals surface area contributed by atoms with Crippen molar-refractivity contribution in [1.29, 1.82) is 0 Å². The van der Waals surface area contributed by atoms with Gasteiger partial charge in [0.05, 0.1) is 22.3 Å². The number of nitrogens with zero attached hydrogens (tertiary/aromatic N) is 1. The molecule has 0 saturated carbocycles. The maximum atomic E-state index is 10.9. The van der Waals surface area contributed by atoms with Gasteiger partial charge >= 0.3 is 0 Å². The Bertz CT molecular complexity index is 830. The van der Waals surface area contributed by atoms with E-state index in [1.54, 1.807) is 5.37 Å². The molecular weight excluding hydrogens is 282 g/mol. The minimum absolute atomic E-state index is 0.420. The summed E-state index contributed by atoms with van der Waals surface area (Å²) < 4.78 is 10.9. The first kappa shape index (κ1) is 13.6. The van der Waals surface area contributed by atoms with E-state index in [1.807, 2.05) is 36.4 Å². The highest BCUT2D eigenvalue weighted by Gasteiger charge is 2.14. The van der Waals surface area contributed by atoms with Gasteiger partial charge in [-0.2, -0.15) is 0 Å². The third-order valence-electron chi connectivity index (χ3n) is 3.55. The van der Waals surface area contributed by atoms with Gasteiger partial charge in [0.25, 0.3) is 0 Å². The number of rotatable bonds is 3. The van der Waals surface area contributed by atoms with Gasteiger partial charge in [-0.25, -0.2) is 9.19 Å². The summed E-state index contributed by atoms with van der Waals surface area (Å²) >= 11 is 0.420. The third-order valence-corrected chi connectivity index (χ3v) is 3.90. The molecule has 0 unspecified atom stereocenters. The molecule has 3 N–H and O–H groups in total. The lowest BCUT2D eigenvalue weighted by Gasteiger charge is -2.10. The average Bonchev–Trinajstić information content (AvgIpc) is 2.91. The zero-order chi connectivity index (χ0) is 14.8. The van der Waals surface area contributed by atoms with Gasteiger partial charge in [-0.1, -0.05) is 31.2 Å². The summed E-state index contributed by atoms with van der Waals surface area (Å²) in [7, 11) is 0. The highest BCUT2D eigenvalue weighted by atomic mass is 32.1. The summed E-state index contributed by atoms with van der Waals surface area (Å²) in [6.45, 7) is 2.06. The van der Waals surface area contributed by atoms with E-state index < -0.39 is 0 Å². The van der Waals surface area contributed by atoms with Crippen LogP contribution in [-0.2, 0) is 17.7 Å². The van der Waals surface area contributed by atoms with Crippen molar-refractivity contribution >= 4 is 33.3 Å². The van der Waals surface area contributed by atoms with Crippen LogP contribution in [0.5, 0.6) is 0 Å². The van der Waals surface area contributed by atoms with Crippen molar-refractivity contribution in [3.05, 3.63) is 47.5 Å². The Kier molecular flexibility index (Phi) is 3.58. The Morgan fingerprint density at radius 3 is 2.81 bits per heavy atom. The van der Waals surface area contributed by atoms with E-state index in [0.717, 1.165) is 34.1 Å². The molecule has 0 atom stereocenters. The van der Waals surface area contributed by atoms with Gasteiger partial charge in [-0.15, -0.1) is 0 Å². The van der Waals surface area contributed by atoms with Gasteiger partial charge in [-0.3, -0.25) is 0 Å². The monoisotopic (exact) mass is 297 g/mol. The Balaban J connectivity index is 2.30. The molecule has 3 rings (SSSR count). The lowest BCUT2D eigenvalue weighted by molar-refractivity contribution is 0.701. The van der Waals surface area contributed by atoms with E-state index in [1.165, 1.54) is 0 Å². The van der Waals surface area contributed by atoms with Crippen molar-refractivity contribution in [2.24, 2.45) is 0 Å². The van der Waals surface area contributed by atoms with E-state index in [4.69, 9.17) is 5.73 Å². The Morgan fingerprint density at radius 1 is 1.29 bits per heavy atom. The molecule has 4 nitrogen and oxygen atoms in total. The molecule has 5 heteroatoms. The van der Waals surface area contributed by atoms with Crippen molar-refractivity contribution in [3.63, 3.8) is 0 Å². The minimum Gasteiger partial charge on any atom is -0.398 e. The Morgan fingerprint density at radius 2 is 2.10 bits per heavy atom. The second-order valence-corrected chi connectivity index (χ2v) is 5.20. The van der Waals surface area contributed by atoms with Crippen molar-refractivity contribution < 1.29 is 4.21 Å². The van der Waals surface area contributed by atoms with E-state index in [2.05, 4.69) is 16.9 Å². The molecule has 3 aromatic rings. The number of nitrogens with one attached hydrogen (secondary N) is 1. The van der Waals surface area contributed by atoms with Crippen molar-refractivity contribution in [2.45, 2.75) is 13.3 Å². The van der Waals surface area contributed by atoms with Gasteiger partial charge in [0.1, 0.15) is 5.82 Å².